The van der Waals surface area contributed by atoms with Gasteiger partial charge in [0, 0.05) is 5.71 Å². The predicted molar refractivity (Wildman–Crippen MR) is 111 cm³/mol. The maximum Gasteiger partial charge on any atom is 0.275 e. The van der Waals surface area contributed by atoms with E-state index >= 15 is 0 Å². The van der Waals surface area contributed by atoms with Gasteiger partial charge in [0.15, 0.2) is 0 Å². The molecular formula is C21H18ClN3O3. The molecule has 0 atom stereocenters. The molecule has 3 N–H and O–H groups in total. The Morgan fingerprint density at radius 1 is 1.04 bits per heavy atom. The lowest BCUT2D eigenvalue weighted by atomic mass is 10.1. The average molecular weight is 396 g/mol. The molecule has 142 valence electrons. The number of halogens is 1. The molecule has 0 aliphatic carbocycles. The van der Waals surface area contributed by atoms with Crippen LogP contribution in [0, 0.1) is 0 Å². The second kappa shape index (κ2) is 8.54. The Labute approximate surface area is 166 Å². The minimum Gasteiger partial charge on any atom is -0.507 e. The summed E-state index contributed by atoms with van der Waals surface area (Å²) >= 11 is 6.01. The van der Waals surface area contributed by atoms with Crippen molar-refractivity contribution in [3.63, 3.8) is 0 Å². The zero-order valence-corrected chi connectivity index (χ0v) is 15.8. The summed E-state index contributed by atoms with van der Waals surface area (Å²) in [5.41, 5.74) is 3.38. The van der Waals surface area contributed by atoms with Crippen molar-refractivity contribution in [2.75, 3.05) is 5.32 Å². The number of carbonyl (C=O) groups excluding carboxylic acids is 2. The molecule has 0 aliphatic heterocycles. The molecule has 3 aromatic carbocycles. The molecule has 0 fully saturated rings. The van der Waals surface area contributed by atoms with Crippen molar-refractivity contribution in [3.05, 3.63) is 71.2 Å². The van der Waals surface area contributed by atoms with E-state index in [0.717, 1.165) is 10.8 Å². The highest BCUT2D eigenvalue weighted by atomic mass is 35.5. The monoisotopic (exact) mass is 395 g/mol. The summed E-state index contributed by atoms with van der Waals surface area (Å²) in [7, 11) is 0. The van der Waals surface area contributed by atoms with Crippen LogP contribution in [0.25, 0.3) is 10.8 Å². The summed E-state index contributed by atoms with van der Waals surface area (Å²) in [6.45, 7) is 1.62. The Kier molecular flexibility index (Phi) is 5.91. The van der Waals surface area contributed by atoms with Gasteiger partial charge in [-0.2, -0.15) is 5.10 Å². The van der Waals surface area contributed by atoms with Gasteiger partial charge < -0.3 is 10.4 Å². The minimum absolute atomic E-state index is 0.0186. The third kappa shape index (κ3) is 4.66. The van der Waals surface area contributed by atoms with Crippen LogP contribution in [0.15, 0.2) is 65.8 Å². The fourth-order valence-electron chi connectivity index (χ4n) is 2.65. The van der Waals surface area contributed by atoms with Crippen LogP contribution in [0.1, 0.15) is 23.7 Å². The van der Waals surface area contributed by atoms with E-state index in [2.05, 4.69) is 15.8 Å². The first kappa shape index (κ1) is 19.4. The molecule has 3 aromatic rings. The molecule has 0 aromatic heterocycles. The number of para-hydroxylation sites is 1. The molecule has 2 amide bonds. The smallest absolute Gasteiger partial charge is 0.275 e. The van der Waals surface area contributed by atoms with Crippen molar-refractivity contribution in [2.24, 2.45) is 5.10 Å². The van der Waals surface area contributed by atoms with Gasteiger partial charge in [0.25, 0.3) is 5.91 Å². The number of aromatic hydroxyl groups is 1. The van der Waals surface area contributed by atoms with Crippen molar-refractivity contribution in [3.8, 4) is 5.75 Å². The average Bonchev–Trinajstić information content (AvgIpc) is 2.67. The van der Waals surface area contributed by atoms with Crippen LogP contribution >= 0.6 is 11.6 Å². The van der Waals surface area contributed by atoms with Gasteiger partial charge in [-0.15, -0.1) is 0 Å². The second-order valence-electron chi connectivity index (χ2n) is 6.21. The fourth-order valence-corrected chi connectivity index (χ4v) is 2.83. The SMILES string of the molecule is C/C(CC(=O)Nc1ccccc1Cl)=N/NC(=O)c1cc2ccccc2cc1O. The summed E-state index contributed by atoms with van der Waals surface area (Å²) in [6.07, 6.45) is -0.0186. The lowest BCUT2D eigenvalue weighted by molar-refractivity contribution is -0.115. The number of phenols is 1. The molecule has 3 rings (SSSR count). The van der Waals surface area contributed by atoms with Gasteiger partial charge in [0.05, 0.1) is 22.7 Å². The number of nitrogens with zero attached hydrogens (tertiary/aromatic N) is 1. The number of anilines is 1. The molecule has 0 saturated heterocycles. The normalized spacial score (nSPS) is 11.3. The van der Waals surface area contributed by atoms with E-state index < -0.39 is 5.91 Å². The lowest BCUT2D eigenvalue weighted by Gasteiger charge is -2.08. The molecule has 0 spiro atoms. The number of phenolic OH excluding ortho intramolecular Hbond substituents is 1. The largest absolute Gasteiger partial charge is 0.507 e. The number of rotatable bonds is 5. The van der Waals surface area contributed by atoms with Crippen molar-refractivity contribution < 1.29 is 14.7 Å². The molecule has 0 radical (unpaired) electrons. The Bertz CT molecular complexity index is 1080. The maximum absolute atomic E-state index is 12.3. The highest BCUT2D eigenvalue weighted by molar-refractivity contribution is 6.33. The van der Waals surface area contributed by atoms with E-state index in [9.17, 15) is 14.7 Å². The summed E-state index contributed by atoms with van der Waals surface area (Å²) < 4.78 is 0. The zero-order chi connectivity index (χ0) is 20.1. The fraction of sp³-hybridized carbons (Fsp3) is 0.0952. The quantitative estimate of drug-likeness (QED) is 0.443. The maximum atomic E-state index is 12.3. The van der Waals surface area contributed by atoms with E-state index in [1.54, 1.807) is 37.3 Å². The number of carbonyl (C=O) groups is 2. The third-order valence-electron chi connectivity index (χ3n) is 4.02. The topological polar surface area (TPSA) is 90.8 Å². The Morgan fingerprint density at radius 2 is 1.68 bits per heavy atom. The van der Waals surface area contributed by atoms with Crippen LogP contribution < -0.4 is 10.7 Å². The second-order valence-corrected chi connectivity index (χ2v) is 6.62. The van der Waals surface area contributed by atoms with E-state index in [-0.39, 0.29) is 23.6 Å². The lowest BCUT2D eigenvalue weighted by Crippen LogP contribution is -2.21. The van der Waals surface area contributed by atoms with E-state index in [0.29, 0.717) is 16.4 Å². The molecule has 7 heteroatoms. The van der Waals surface area contributed by atoms with Crippen molar-refractivity contribution in [2.45, 2.75) is 13.3 Å². The zero-order valence-electron chi connectivity index (χ0n) is 15.1. The van der Waals surface area contributed by atoms with Crippen molar-refractivity contribution in [1.29, 1.82) is 0 Å². The standard InChI is InChI=1S/C21H18ClN3O3/c1-13(10-20(27)23-18-9-5-4-8-17(18)22)24-25-21(28)16-11-14-6-2-3-7-15(14)12-19(16)26/h2-9,11-12,26H,10H2,1H3,(H,23,27)(H,25,28)/b24-13-. The van der Waals surface area contributed by atoms with Gasteiger partial charge >= 0.3 is 0 Å². The van der Waals surface area contributed by atoms with Gasteiger partial charge in [-0.1, -0.05) is 48.0 Å². The number of amides is 2. The number of hydrogen-bond donors (Lipinski definition) is 3. The molecular weight excluding hydrogens is 378 g/mol. The van der Waals surface area contributed by atoms with Gasteiger partial charge in [0.2, 0.25) is 5.91 Å². The van der Waals surface area contributed by atoms with E-state index in [1.165, 1.54) is 6.07 Å². The van der Waals surface area contributed by atoms with Gasteiger partial charge in [-0.25, -0.2) is 5.43 Å². The number of fused-ring (bicyclic) bond motifs is 1. The van der Waals surface area contributed by atoms with Crippen LogP contribution in [0.5, 0.6) is 5.75 Å². The predicted octanol–water partition coefficient (Wildman–Crippen LogP) is 4.33. The molecule has 0 heterocycles. The van der Waals surface area contributed by atoms with E-state index in [1.807, 2.05) is 24.3 Å². The van der Waals surface area contributed by atoms with Gasteiger partial charge in [-0.3, -0.25) is 9.59 Å². The molecule has 0 saturated carbocycles. The first-order chi connectivity index (χ1) is 13.4. The van der Waals surface area contributed by atoms with Crippen molar-refractivity contribution >= 4 is 45.6 Å². The first-order valence-electron chi connectivity index (χ1n) is 8.53. The Balaban J connectivity index is 1.64. The Hall–Kier alpha value is -3.38. The van der Waals surface area contributed by atoms with Crippen LogP contribution in [0.2, 0.25) is 5.02 Å². The highest BCUT2D eigenvalue weighted by Crippen LogP contribution is 2.25. The van der Waals surface area contributed by atoms with Gasteiger partial charge in [0.1, 0.15) is 5.75 Å². The van der Waals surface area contributed by atoms with Crippen LogP contribution in [0.3, 0.4) is 0 Å². The number of hydrogen-bond acceptors (Lipinski definition) is 4. The summed E-state index contributed by atoms with van der Waals surface area (Å²) in [5, 5.41) is 18.8. The third-order valence-corrected chi connectivity index (χ3v) is 4.35. The van der Waals surface area contributed by atoms with Crippen molar-refractivity contribution in [1.82, 2.24) is 5.43 Å². The highest BCUT2D eigenvalue weighted by Gasteiger charge is 2.13. The minimum atomic E-state index is -0.561. The summed E-state index contributed by atoms with van der Waals surface area (Å²) in [6, 6.07) is 17.4. The number of nitrogens with one attached hydrogen (secondary N) is 2. The molecule has 28 heavy (non-hydrogen) atoms. The molecule has 0 bridgehead atoms. The first-order valence-corrected chi connectivity index (χ1v) is 8.91. The number of benzene rings is 3. The molecule has 0 unspecified atom stereocenters. The summed E-state index contributed by atoms with van der Waals surface area (Å²) in [4.78, 5) is 24.4. The summed E-state index contributed by atoms with van der Waals surface area (Å²) in [5.74, 6) is -1.01. The van der Waals surface area contributed by atoms with Crippen LogP contribution in [-0.4, -0.2) is 22.6 Å². The van der Waals surface area contributed by atoms with Gasteiger partial charge in [-0.05, 0) is 42.0 Å². The molecule has 6 nitrogen and oxygen atoms in total. The molecule has 0 aliphatic rings. The Morgan fingerprint density at radius 3 is 2.39 bits per heavy atom. The van der Waals surface area contributed by atoms with Crippen LogP contribution in [-0.2, 0) is 4.79 Å². The van der Waals surface area contributed by atoms with Crippen LogP contribution in [0.4, 0.5) is 5.69 Å². The number of hydrazone groups is 1. The van der Waals surface area contributed by atoms with E-state index in [4.69, 9.17) is 11.6 Å².